The highest BCUT2D eigenvalue weighted by molar-refractivity contribution is 8.27. The summed E-state index contributed by atoms with van der Waals surface area (Å²) in [7, 11) is 1.64. The minimum Gasteiger partial charge on any atom is -0.496 e. The summed E-state index contributed by atoms with van der Waals surface area (Å²) in [5.41, 5.74) is 3.88. The number of carbonyl (C=O) groups excluding carboxylic acids is 1. The molecular weight excluding hydrogens is 338 g/mol. The van der Waals surface area contributed by atoms with Crippen LogP contribution in [0.2, 0.25) is 0 Å². The van der Waals surface area contributed by atoms with Gasteiger partial charge in [-0.2, -0.15) is 0 Å². The van der Waals surface area contributed by atoms with Gasteiger partial charge in [0.05, 0.1) is 17.7 Å². The van der Waals surface area contributed by atoms with E-state index in [2.05, 4.69) is 0 Å². The molecule has 0 atom stereocenters. The molecule has 0 aliphatic carbocycles. The van der Waals surface area contributed by atoms with E-state index in [-0.39, 0.29) is 5.91 Å². The zero-order valence-electron chi connectivity index (χ0n) is 13.7. The smallest absolute Gasteiger partial charge is 0.270 e. The van der Waals surface area contributed by atoms with E-state index >= 15 is 0 Å². The van der Waals surface area contributed by atoms with E-state index in [0.29, 0.717) is 9.23 Å². The Morgan fingerprint density at radius 2 is 1.96 bits per heavy atom. The van der Waals surface area contributed by atoms with Crippen LogP contribution in [0, 0.1) is 13.8 Å². The quantitative estimate of drug-likeness (QED) is 0.589. The fraction of sp³-hybridized carbons (Fsp3) is 0.158. The van der Waals surface area contributed by atoms with E-state index in [9.17, 15) is 4.79 Å². The van der Waals surface area contributed by atoms with Gasteiger partial charge in [-0.3, -0.25) is 9.69 Å². The van der Waals surface area contributed by atoms with Crippen molar-refractivity contribution in [2.24, 2.45) is 0 Å². The van der Waals surface area contributed by atoms with Crippen LogP contribution in [-0.2, 0) is 4.79 Å². The van der Waals surface area contributed by atoms with Crippen LogP contribution < -0.4 is 9.64 Å². The number of carbonyl (C=O) groups is 1. The van der Waals surface area contributed by atoms with Gasteiger partial charge in [0.15, 0.2) is 4.32 Å². The number of rotatable bonds is 3. The average Bonchev–Trinajstić information content (AvgIpc) is 2.83. The highest BCUT2D eigenvalue weighted by atomic mass is 32.2. The van der Waals surface area contributed by atoms with Gasteiger partial charge >= 0.3 is 0 Å². The van der Waals surface area contributed by atoms with Crippen molar-refractivity contribution in [2.45, 2.75) is 13.8 Å². The van der Waals surface area contributed by atoms with Crippen LogP contribution in [0.5, 0.6) is 5.75 Å². The van der Waals surface area contributed by atoms with Crippen molar-refractivity contribution in [3.8, 4) is 5.75 Å². The molecular formula is C19H17NO2S2. The largest absolute Gasteiger partial charge is 0.496 e. The Morgan fingerprint density at radius 3 is 2.67 bits per heavy atom. The second-order valence-electron chi connectivity index (χ2n) is 5.59. The Bertz CT molecular complexity index is 858. The standard InChI is InChI=1S/C19H17NO2S2/c1-12-5-4-6-15(9-12)20-18(21)17(24-19(20)23)11-14-8-7-13(2)16(10-14)22-3/h4-11H,1-3H3/b17-11-. The van der Waals surface area contributed by atoms with Gasteiger partial charge in [0.25, 0.3) is 5.91 Å². The van der Waals surface area contributed by atoms with E-state index in [1.54, 1.807) is 12.0 Å². The predicted octanol–water partition coefficient (Wildman–Crippen LogP) is 4.72. The average molecular weight is 355 g/mol. The summed E-state index contributed by atoms with van der Waals surface area (Å²) in [6.07, 6.45) is 1.86. The highest BCUT2D eigenvalue weighted by Crippen LogP contribution is 2.36. The lowest BCUT2D eigenvalue weighted by molar-refractivity contribution is -0.113. The first kappa shape index (κ1) is 16.7. The Balaban J connectivity index is 1.94. The molecule has 1 amide bonds. The number of methoxy groups -OCH3 is 1. The van der Waals surface area contributed by atoms with Crippen molar-refractivity contribution in [3.05, 3.63) is 64.1 Å². The molecule has 0 aromatic heterocycles. The summed E-state index contributed by atoms with van der Waals surface area (Å²) < 4.78 is 5.90. The number of aryl methyl sites for hydroxylation is 2. The normalized spacial score (nSPS) is 16.1. The maximum absolute atomic E-state index is 12.8. The van der Waals surface area contributed by atoms with Gasteiger partial charge in [-0.15, -0.1) is 0 Å². The fourth-order valence-corrected chi connectivity index (χ4v) is 3.83. The summed E-state index contributed by atoms with van der Waals surface area (Å²) in [5, 5.41) is 0. The molecule has 1 aliphatic heterocycles. The third-order valence-corrected chi connectivity index (χ3v) is 5.09. The maximum Gasteiger partial charge on any atom is 0.270 e. The SMILES string of the molecule is COc1cc(/C=C2\SC(=S)N(c3cccc(C)c3)C2=O)ccc1C. The monoisotopic (exact) mass is 355 g/mol. The molecule has 1 fully saturated rings. The third-order valence-electron chi connectivity index (χ3n) is 3.78. The second-order valence-corrected chi connectivity index (χ2v) is 7.26. The van der Waals surface area contributed by atoms with Crippen LogP contribution in [0.1, 0.15) is 16.7 Å². The van der Waals surface area contributed by atoms with Crippen LogP contribution in [0.3, 0.4) is 0 Å². The summed E-state index contributed by atoms with van der Waals surface area (Å²) in [6, 6.07) is 13.7. The number of benzene rings is 2. The lowest BCUT2D eigenvalue weighted by atomic mass is 10.1. The van der Waals surface area contributed by atoms with Gasteiger partial charge in [0.2, 0.25) is 0 Å². The van der Waals surface area contributed by atoms with Gasteiger partial charge in [0.1, 0.15) is 5.75 Å². The summed E-state index contributed by atoms with van der Waals surface area (Å²) in [6.45, 7) is 3.98. The molecule has 24 heavy (non-hydrogen) atoms. The lowest BCUT2D eigenvalue weighted by Crippen LogP contribution is -2.27. The number of hydrogen-bond acceptors (Lipinski definition) is 4. The first-order valence-electron chi connectivity index (χ1n) is 7.49. The molecule has 1 heterocycles. The van der Waals surface area contributed by atoms with Gasteiger partial charge in [-0.1, -0.05) is 48.2 Å². The summed E-state index contributed by atoms with van der Waals surface area (Å²) in [5.74, 6) is 0.716. The molecule has 5 heteroatoms. The van der Waals surface area contributed by atoms with Crippen LogP contribution in [0.15, 0.2) is 47.4 Å². The topological polar surface area (TPSA) is 29.5 Å². The predicted molar refractivity (Wildman–Crippen MR) is 105 cm³/mol. The Kier molecular flexibility index (Phi) is 4.73. The first-order chi connectivity index (χ1) is 11.5. The molecule has 2 aromatic carbocycles. The van der Waals surface area contributed by atoms with E-state index in [4.69, 9.17) is 17.0 Å². The van der Waals surface area contributed by atoms with E-state index in [1.807, 2.05) is 62.4 Å². The second kappa shape index (κ2) is 6.79. The van der Waals surface area contributed by atoms with E-state index < -0.39 is 0 Å². The number of hydrogen-bond donors (Lipinski definition) is 0. The molecule has 3 rings (SSSR count). The molecule has 3 nitrogen and oxygen atoms in total. The molecule has 0 N–H and O–H groups in total. The zero-order chi connectivity index (χ0) is 17.3. The number of thioether (sulfide) groups is 1. The maximum atomic E-state index is 12.8. The van der Waals surface area contributed by atoms with Gasteiger partial charge in [0, 0.05) is 0 Å². The lowest BCUT2D eigenvalue weighted by Gasteiger charge is -2.14. The van der Waals surface area contributed by atoms with Crippen molar-refractivity contribution in [3.63, 3.8) is 0 Å². The Hall–Kier alpha value is -2.11. The molecule has 122 valence electrons. The van der Waals surface area contributed by atoms with Crippen molar-refractivity contribution < 1.29 is 9.53 Å². The number of anilines is 1. The van der Waals surface area contributed by atoms with E-state index in [1.165, 1.54) is 11.8 Å². The Morgan fingerprint density at radius 1 is 1.17 bits per heavy atom. The molecule has 1 saturated heterocycles. The number of amides is 1. The number of ether oxygens (including phenoxy) is 1. The molecule has 2 aromatic rings. The number of nitrogens with zero attached hydrogens (tertiary/aromatic N) is 1. The molecule has 0 unspecified atom stereocenters. The van der Waals surface area contributed by atoms with E-state index in [0.717, 1.165) is 28.1 Å². The molecule has 0 spiro atoms. The van der Waals surface area contributed by atoms with Crippen molar-refractivity contribution in [1.82, 2.24) is 0 Å². The molecule has 0 radical (unpaired) electrons. The number of thiocarbonyl (C=S) groups is 1. The molecule has 0 saturated carbocycles. The fourth-order valence-electron chi connectivity index (χ4n) is 2.54. The third kappa shape index (κ3) is 3.23. The molecule has 1 aliphatic rings. The zero-order valence-corrected chi connectivity index (χ0v) is 15.3. The van der Waals surface area contributed by atoms with Crippen LogP contribution in [0.25, 0.3) is 6.08 Å². The van der Waals surface area contributed by atoms with Crippen LogP contribution >= 0.6 is 24.0 Å². The highest BCUT2D eigenvalue weighted by Gasteiger charge is 2.33. The summed E-state index contributed by atoms with van der Waals surface area (Å²) in [4.78, 5) is 15.0. The minimum absolute atomic E-state index is 0.0878. The summed E-state index contributed by atoms with van der Waals surface area (Å²) >= 11 is 6.73. The van der Waals surface area contributed by atoms with Crippen molar-refractivity contribution in [2.75, 3.05) is 12.0 Å². The Labute approximate surface area is 151 Å². The van der Waals surface area contributed by atoms with Gasteiger partial charge < -0.3 is 4.74 Å². The first-order valence-corrected chi connectivity index (χ1v) is 8.71. The van der Waals surface area contributed by atoms with Crippen molar-refractivity contribution in [1.29, 1.82) is 0 Å². The van der Waals surface area contributed by atoms with Crippen molar-refractivity contribution >= 4 is 46.0 Å². The van der Waals surface area contributed by atoms with Gasteiger partial charge in [-0.25, -0.2) is 0 Å². The minimum atomic E-state index is -0.0878. The van der Waals surface area contributed by atoms with Gasteiger partial charge in [-0.05, 0) is 54.8 Å². The molecule has 0 bridgehead atoms. The van der Waals surface area contributed by atoms with Crippen LogP contribution in [0.4, 0.5) is 5.69 Å². The van der Waals surface area contributed by atoms with Crippen LogP contribution in [-0.4, -0.2) is 17.3 Å².